The molecule has 4 N–H and O–H groups in total. The molecule has 0 spiro atoms. The van der Waals surface area contributed by atoms with E-state index in [1.165, 1.54) is 22.5 Å². The van der Waals surface area contributed by atoms with Crippen molar-refractivity contribution in [3.05, 3.63) is 60.0 Å². The van der Waals surface area contributed by atoms with E-state index < -0.39 is 0 Å². The van der Waals surface area contributed by atoms with Gasteiger partial charge in [0, 0.05) is 60.7 Å². The maximum absolute atomic E-state index is 12.4. The number of aromatic nitrogens is 2. The van der Waals surface area contributed by atoms with Crippen LogP contribution >= 0.6 is 11.8 Å². The number of hydrogen-bond acceptors (Lipinski definition) is 9. The molecule has 0 atom stereocenters. The molecular weight excluding hydrogens is 466 g/mol. The molecule has 1 aromatic carbocycles. The van der Waals surface area contributed by atoms with Crippen molar-refractivity contribution in [1.29, 1.82) is 16.2 Å². The van der Waals surface area contributed by atoms with Crippen LogP contribution in [0.4, 0.5) is 5.69 Å². The quantitative estimate of drug-likeness (QED) is 0.228. The van der Waals surface area contributed by atoms with E-state index in [1.54, 1.807) is 49.8 Å². The van der Waals surface area contributed by atoms with Crippen LogP contribution < -0.4 is 20.4 Å². The highest BCUT2D eigenvalue weighted by Crippen LogP contribution is 2.39. The summed E-state index contributed by atoms with van der Waals surface area (Å²) in [4.78, 5) is 19.2. The first-order valence-corrected chi connectivity index (χ1v) is 11.6. The molecule has 0 aliphatic carbocycles. The van der Waals surface area contributed by atoms with Gasteiger partial charge in [0.25, 0.3) is 5.91 Å². The van der Waals surface area contributed by atoms with Crippen molar-refractivity contribution in [3.63, 3.8) is 0 Å². The summed E-state index contributed by atoms with van der Waals surface area (Å²) in [5.41, 5.74) is 2.79. The van der Waals surface area contributed by atoms with Gasteiger partial charge in [-0.1, -0.05) is 11.8 Å². The van der Waals surface area contributed by atoms with Crippen LogP contribution in [0.2, 0.25) is 0 Å². The fourth-order valence-corrected chi connectivity index (χ4v) is 4.47. The molecule has 0 unspecified atom stereocenters. The summed E-state index contributed by atoms with van der Waals surface area (Å²) in [5, 5.41) is 28.3. The van der Waals surface area contributed by atoms with Gasteiger partial charge in [0.2, 0.25) is 0 Å². The van der Waals surface area contributed by atoms with Gasteiger partial charge in [0.15, 0.2) is 17.5 Å². The smallest absolute Gasteiger partial charge is 0.265 e. The number of thioether (sulfide) groups is 1. The van der Waals surface area contributed by atoms with E-state index in [0.29, 0.717) is 41.2 Å². The Labute approximate surface area is 206 Å². The Hall–Kier alpha value is -3.96. The molecule has 0 saturated carbocycles. The number of methoxy groups -OCH3 is 1. The van der Waals surface area contributed by atoms with E-state index in [1.807, 2.05) is 18.2 Å². The van der Waals surface area contributed by atoms with E-state index >= 15 is 0 Å². The lowest BCUT2D eigenvalue weighted by molar-refractivity contribution is -0.121. The molecule has 0 saturated heterocycles. The predicted octanol–water partition coefficient (Wildman–Crippen LogP) is 2.67. The molecule has 2 aromatic heterocycles. The first-order chi connectivity index (χ1) is 17.0. The van der Waals surface area contributed by atoms with Crippen molar-refractivity contribution in [1.82, 2.24) is 14.9 Å². The fraction of sp³-hybridized carbons (Fsp3) is 0.208. The zero-order valence-corrected chi connectivity index (χ0v) is 20.1. The zero-order valence-electron chi connectivity index (χ0n) is 19.3. The second-order valence-electron chi connectivity index (χ2n) is 7.59. The Balaban J connectivity index is 1.67. The van der Waals surface area contributed by atoms with Crippen LogP contribution in [-0.2, 0) is 9.53 Å². The van der Waals surface area contributed by atoms with E-state index in [9.17, 15) is 4.79 Å². The second kappa shape index (κ2) is 10.5. The van der Waals surface area contributed by atoms with Crippen molar-refractivity contribution < 1.29 is 14.3 Å². The lowest BCUT2D eigenvalue weighted by atomic mass is 10.1. The first kappa shape index (κ1) is 24.2. The zero-order chi connectivity index (χ0) is 24.9. The number of amides is 1. The molecule has 0 fully saturated rings. The van der Waals surface area contributed by atoms with E-state index in [4.69, 9.17) is 25.7 Å². The Bertz CT molecular complexity index is 1400. The molecule has 180 valence electrons. The molecule has 1 aliphatic heterocycles. The molecule has 35 heavy (non-hydrogen) atoms. The number of hydrogen-bond donors (Lipinski definition) is 4. The number of allylic oxidation sites excluding steroid dienone is 1. The first-order valence-electron chi connectivity index (χ1n) is 10.7. The van der Waals surface area contributed by atoms with Crippen LogP contribution in [-0.4, -0.2) is 60.8 Å². The van der Waals surface area contributed by atoms with Crippen molar-refractivity contribution in [2.75, 3.05) is 38.8 Å². The SMILES string of the molecule is CN/C=C(\C=N)c1ccc(=N)n(C(=N)Sc2ccc3ncc4c(c3c2)OCC(=O)N4CCOC)c1. The van der Waals surface area contributed by atoms with Crippen LogP contribution in [0.5, 0.6) is 5.75 Å². The maximum Gasteiger partial charge on any atom is 0.265 e. The Kier molecular flexibility index (Phi) is 7.28. The van der Waals surface area contributed by atoms with E-state index in [2.05, 4.69) is 10.3 Å². The highest BCUT2D eigenvalue weighted by atomic mass is 32.2. The maximum atomic E-state index is 12.4. The van der Waals surface area contributed by atoms with Crippen LogP contribution in [0.1, 0.15) is 5.56 Å². The van der Waals surface area contributed by atoms with Crippen molar-refractivity contribution >= 4 is 51.2 Å². The average molecular weight is 492 g/mol. The van der Waals surface area contributed by atoms with Gasteiger partial charge < -0.3 is 25.1 Å². The second-order valence-corrected chi connectivity index (χ2v) is 8.65. The Morgan fingerprint density at radius 1 is 1.34 bits per heavy atom. The number of ether oxygens (including phenoxy) is 2. The third-order valence-electron chi connectivity index (χ3n) is 5.39. The van der Waals surface area contributed by atoms with Crippen LogP contribution in [0.15, 0.2) is 53.8 Å². The third-order valence-corrected chi connectivity index (χ3v) is 6.27. The lowest BCUT2D eigenvalue weighted by Crippen LogP contribution is -2.40. The summed E-state index contributed by atoms with van der Waals surface area (Å²) in [6.07, 6.45) is 6.20. The van der Waals surface area contributed by atoms with Gasteiger partial charge in [-0.25, -0.2) is 0 Å². The minimum atomic E-state index is -0.154. The van der Waals surface area contributed by atoms with Crippen LogP contribution in [0.25, 0.3) is 16.5 Å². The number of carbonyl (C=O) groups excluding carboxylic acids is 1. The van der Waals surface area contributed by atoms with Gasteiger partial charge >= 0.3 is 0 Å². The molecule has 4 rings (SSSR count). The number of nitrogens with zero attached hydrogens (tertiary/aromatic N) is 3. The monoisotopic (exact) mass is 491 g/mol. The van der Waals surface area contributed by atoms with Gasteiger partial charge in [0.1, 0.15) is 11.2 Å². The molecule has 11 heteroatoms. The number of fused-ring (bicyclic) bond motifs is 3. The third kappa shape index (κ3) is 4.96. The molecule has 0 bridgehead atoms. The molecule has 3 heterocycles. The van der Waals surface area contributed by atoms with Crippen molar-refractivity contribution in [3.8, 4) is 5.75 Å². The summed E-state index contributed by atoms with van der Waals surface area (Å²) >= 11 is 1.18. The van der Waals surface area contributed by atoms with E-state index in [-0.39, 0.29) is 23.2 Å². The van der Waals surface area contributed by atoms with Gasteiger partial charge in [0.05, 0.1) is 18.3 Å². The highest BCUT2D eigenvalue weighted by Gasteiger charge is 2.27. The molecule has 10 nitrogen and oxygen atoms in total. The average Bonchev–Trinajstić information content (AvgIpc) is 2.86. The van der Waals surface area contributed by atoms with E-state index in [0.717, 1.165) is 10.3 Å². The molecule has 1 amide bonds. The van der Waals surface area contributed by atoms with Crippen molar-refractivity contribution in [2.45, 2.75) is 4.90 Å². The number of rotatable bonds is 7. The minimum Gasteiger partial charge on any atom is -0.481 e. The number of anilines is 1. The van der Waals surface area contributed by atoms with Gasteiger partial charge in [-0.2, -0.15) is 0 Å². The summed E-state index contributed by atoms with van der Waals surface area (Å²) in [6.45, 7) is 0.728. The summed E-state index contributed by atoms with van der Waals surface area (Å²) in [6, 6.07) is 8.92. The highest BCUT2D eigenvalue weighted by molar-refractivity contribution is 8.13. The van der Waals surface area contributed by atoms with Gasteiger partial charge in [-0.3, -0.25) is 25.2 Å². The topological polar surface area (TPSA) is 140 Å². The standard InChI is InChI=1S/C24H25N7O3S/c1-28-11-16(10-25)15-3-6-21(26)31(13-15)24(27)35-17-4-5-19-18(9-17)23-20(12-29-19)30(7-8-33-2)22(32)14-34-23/h3-6,9-13,25-28H,7-8,14H2,1-2H3/b16-11+,25-10?,26-21?,27-24?. The Morgan fingerprint density at radius 2 is 2.17 bits per heavy atom. The van der Waals surface area contributed by atoms with Crippen LogP contribution in [0.3, 0.4) is 0 Å². The number of pyridine rings is 2. The number of carbonyl (C=O) groups is 1. The Morgan fingerprint density at radius 3 is 2.91 bits per heavy atom. The predicted molar refractivity (Wildman–Crippen MR) is 137 cm³/mol. The normalized spacial score (nSPS) is 13.4. The van der Waals surface area contributed by atoms with Crippen molar-refractivity contribution in [2.24, 2.45) is 0 Å². The molecular formula is C24H25N7O3S. The molecule has 1 aliphatic rings. The summed E-state index contributed by atoms with van der Waals surface area (Å²) in [7, 11) is 3.33. The molecule has 3 aromatic rings. The largest absolute Gasteiger partial charge is 0.481 e. The van der Waals surface area contributed by atoms with Gasteiger partial charge in [-0.15, -0.1) is 0 Å². The molecule has 0 radical (unpaired) electrons. The van der Waals surface area contributed by atoms with Gasteiger partial charge in [-0.05, 0) is 30.3 Å². The minimum absolute atomic E-state index is 0.0661. The van der Waals surface area contributed by atoms with Crippen LogP contribution in [0, 0.1) is 16.2 Å². The lowest BCUT2D eigenvalue weighted by Gasteiger charge is -2.29. The summed E-state index contributed by atoms with van der Waals surface area (Å²) < 4.78 is 12.4. The number of nitrogens with one attached hydrogen (secondary N) is 4. The fourth-order valence-electron chi connectivity index (χ4n) is 3.68. The number of benzene rings is 1. The summed E-state index contributed by atoms with van der Waals surface area (Å²) in [5.74, 6) is 0.419.